The largest absolute Gasteiger partial charge is 0.357 e. The molecule has 1 N–H and O–H groups in total. The molecule has 4 heterocycles. The molecule has 4 aromatic rings. The van der Waals surface area contributed by atoms with E-state index in [1.54, 1.807) is 38.2 Å². The monoisotopic (exact) mass is 594 g/mol. The molecule has 1 atom stereocenters. The van der Waals surface area contributed by atoms with Gasteiger partial charge in [0.25, 0.3) is 0 Å². The normalized spacial score (nSPS) is 17.6. The van der Waals surface area contributed by atoms with Gasteiger partial charge < -0.3 is 20.0 Å². The number of hydrogen-bond donors (Lipinski definition) is 1. The molecule has 44 heavy (non-hydrogen) atoms. The van der Waals surface area contributed by atoms with Gasteiger partial charge in [0, 0.05) is 63.0 Å². The van der Waals surface area contributed by atoms with Gasteiger partial charge in [-0.25, -0.2) is 13.8 Å². The van der Waals surface area contributed by atoms with Crippen molar-refractivity contribution in [2.24, 2.45) is 0 Å². The van der Waals surface area contributed by atoms with E-state index in [4.69, 9.17) is 16.4 Å². The maximum Gasteiger partial charge on any atom is 0.228 e. The Morgan fingerprint density at radius 1 is 1.16 bits per heavy atom. The average Bonchev–Trinajstić information content (AvgIpc) is 3.54. The lowest BCUT2D eigenvalue weighted by molar-refractivity contribution is 0.311. The van der Waals surface area contributed by atoms with Crippen LogP contribution in [0.5, 0.6) is 0 Å². The topological polar surface area (TPSA) is 84.2 Å². The van der Waals surface area contributed by atoms with Crippen LogP contribution in [-0.4, -0.2) is 79.3 Å². The Morgan fingerprint density at radius 3 is 2.61 bits per heavy atom. The highest BCUT2D eigenvalue weighted by Gasteiger charge is 2.28. The zero-order valence-electron chi connectivity index (χ0n) is 25.6. The van der Waals surface area contributed by atoms with Crippen molar-refractivity contribution < 1.29 is 8.78 Å². The molecule has 2 aromatic carbocycles. The highest BCUT2D eigenvalue weighted by molar-refractivity contribution is 6.03. The number of piperazine rings is 1. The quantitative estimate of drug-likeness (QED) is 0.318. The summed E-state index contributed by atoms with van der Waals surface area (Å²) in [7, 11) is 4.04. The van der Waals surface area contributed by atoms with Crippen LogP contribution in [0.1, 0.15) is 37.8 Å². The van der Waals surface area contributed by atoms with E-state index in [9.17, 15) is 5.26 Å². The Morgan fingerprint density at radius 2 is 1.93 bits per heavy atom. The maximum atomic E-state index is 17.0. The molecule has 0 unspecified atom stereocenters. The van der Waals surface area contributed by atoms with Crippen molar-refractivity contribution in [1.29, 1.82) is 5.26 Å². The third kappa shape index (κ3) is 5.29. The SMILES string of the molecule is C#Cc1c(F)ccc2cc(C(C)(C)C#N)cc(-c3ncc4c(N(C)C[C@H]5CCCN5)nc(N5CCN(C)CC5)nc4c3F)c12. The third-order valence-electron chi connectivity index (χ3n) is 8.92. The van der Waals surface area contributed by atoms with Crippen LogP contribution in [0.15, 0.2) is 30.5 Å². The van der Waals surface area contributed by atoms with Gasteiger partial charge in [-0.1, -0.05) is 12.0 Å². The van der Waals surface area contributed by atoms with E-state index in [1.165, 1.54) is 6.07 Å². The standard InChI is InChI=1S/C34H36F2N8/c1-6-24-27(35)10-9-21-16-22(34(2,3)20-37)17-25(28(21)24)30-29(36)31-26(18-39-30)32(43(5)19-23-8-7-11-38-23)41-33(40-31)44-14-12-42(4)13-15-44/h1,9-10,16-18,23,38H,7-8,11-15,19H2,2-5H3/t23-/m1/s1. The second kappa shape index (κ2) is 11.6. The first-order valence-electron chi connectivity index (χ1n) is 15.0. The van der Waals surface area contributed by atoms with E-state index < -0.39 is 17.0 Å². The lowest BCUT2D eigenvalue weighted by atomic mass is 9.82. The number of anilines is 2. The van der Waals surface area contributed by atoms with Gasteiger partial charge in [0.05, 0.1) is 22.4 Å². The van der Waals surface area contributed by atoms with Gasteiger partial charge in [0.15, 0.2) is 5.82 Å². The van der Waals surface area contributed by atoms with Crippen molar-refractivity contribution in [3.8, 4) is 29.7 Å². The molecule has 0 bridgehead atoms. The van der Waals surface area contributed by atoms with E-state index in [0.29, 0.717) is 51.6 Å². The third-order valence-corrected chi connectivity index (χ3v) is 8.92. The molecule has 10 heteroatoms. The molecule has 226 valence electrons. The van der Waals surface area contributed by atoms with Crippen LogP contribution in [0.3, 0.4) is 0 Å². The number of halogens is 2. The van der Waals surface area contributed by atoms with Gasteiger partial charge >= 0.3 is 0 Å². The minimum atomic E-state index is -0.901. The summed E-state index contributed by atoms with van der Waals surface area (Å²) in [5, 5.41) is 14.9. The molecule has 2 aromatic heterocycles. The smallest absolute Gasteiger partial charge is 0.228 e. The molecule has 0 radical (unpaired) electrons. The summed E-state index contributed by atoms with van der Waals surface area (Å²) in [6.07, 6.45) is 9.55. The van der Waals surface area contributed by atoms with E-state index in [-0.39, 0.29) is 16.8 Å². The first kappa shape index (κ1) is 29.7. The van der Waals surface area contributed by atoms with Crippen LogP contribution in [0.2, 0.25) is 0 Å². The summed E-state index contributed by atoms with van der Waals surface area (Å²) in [6, 6.07) is 9.02. The fourth-order valence-electron chi connectivity index (χ4n) is 6.18. The molecule has 2 aliphatic heterocycles. The second-order valence-electron chi connectivity index (χ2n) is 12.4. The van der Waals surface area contributed by atoms with Crippen molar-refractivity contribution >= 4 is 33.4 Å². The van der Waals surface area contributed by atoms with Crippen LogP contribution in [-0.2, 0) is 5.41 Å². The summed E-state index contributed by atoms with van der Waals surface area (Å²) in [4.78, 5) is 20.7. The molecule has 2 aliphatic rings. The van der Waals surface area contributed by atoms with Gasteiger partial charge in [0.1, 0.15) is 22.8 Å². The minimum Gasteiger partial charge on any atom is -0.357 e. The number of terminal acetylenes is 1. The first-order chi connectivity index (χ1) is 21.1. The summed E-state index contributed by atoms with van der Waals surface area (Å²) in [5.74, 6) is 2.29. The van der Waals surface area contributed by atoms with E-state index >= 15 is 8.78 Å². The Bertz CT molecular complexity index is 1830. The number of hydrogen-bond acceptors (Lipinski definition) is 8. The number of pyridine rings is 1. The molecule has 0 amide bonds. The molecule has 0 aliphatic carbocycles. The Hall–Kier alpha value is -4.38. The van der Waals surface area contributed by atoms with Crippen molar-refractivity contribution in [2.75, 3.05) is 63.2 Å². The molecular formula is C34H36F2N8. The van der Waals surface area contributed by atoms with Gasteiger partial charge in [-0.2, -0.15) is 10.2 Å². The maximum absolute atomic E-state index is 17.0. The number of nitrogens with zero attached hydrogens (tertiary/aromatic N) is 7. The van der Waals surface area contributed by atoms with E-state index in [0.717, 1.165) is 45.6 Å². The number of nitrogens with one attached hydrogen (secondary N) is 1. The lowest BCUT2D eigenvalue weighted by Crippen LogP contribution is -2.45. The van der Waals surface area contributed by atoms with Crippen molar-refractivity contribution in [3.63, 3.8) is 0 Å². The van der Waals surface area contributed by atoms with Gasteiger partial charge in [-0.15, -0.1) is 6.42 Å². The fourth-order valence-corrected chi connectivity index (χ4v) is 6.18. The predicted molar refractivity (Wildman–Crippen MR) is 171 cm³/mol. The number of rotatable bonds is 6. The van der Waals surface area contributed by atoms with Crippen molar-refractivity contribution in [2.45, 2.75) is 38.1 Å². The van der Waals surface area contributed by atoms with Crippen LogP contribution in [0, 0.1) is 35.3 Å². The average molecular weight is 595 g/mol. The summed E-state index contributed by atoms with van der Waals surface area (Å²) >= 11 is 0. The van der Waals surface area contributed by atoms with Gasteiger partial charge in [-0.05, 0) is 69.4 Å². The van der Waals surface area contributed by atoms with Crippen molar-refractivity contribution in [3.05, 3.63) is 53.2 Å². The summed E-state index contributed by atoms with van der Waals surface area (Å²) in [6.45, 7) is 8.37. The lowest BCUT2D eigenvalue weighted by Gasteiger charge is -2.33. The van der Waals surface area contributed by atoms with Gasteiger partial charge in [0.2, 0.25) is 5.95 Å². The minimum absolute atomic E-state index is 0.00530. The zero-order chi connectivity index (χ0) is 31.2. The number of fused-ring (bicyclic) bond motifs is 2. The first-order valence-corrected chi connectivity index (χ1v) is 15.0. The number of benzene rings is 2. The van der Waals surface area contributed by atoms with E-state index in [2.05, 4.69) is 39.1 Å². The van der Waals surface area contributed by atoms with Crippen LogP contribution in [0.4, 0.5) is 20.5 Å². The second-order valence-corrected chi connectivity index (χ2v) is 12.4. The molecule has 2 saturated heterocycles. The van der Waals surface area contributed by atoms with Gasteiger partial charge in [-0.3, -0.25) is 4.98 Å². The van der Waals surface area contributed by atoms with Crippen molar-refractivity contribution in [1.82, 2.24) is 25.2 Å². The van der Waals surface area contributed by atoms with E-state index in [1.807, 2.05) is 11.9 Å². The number of aromatic nitrogens is 3. The number of nitriles is 1. The van der Waals surface area contributed by atoms with Crippen LogP contribution >= 0.6 is 0 Å². The zero-order valence-corrected chi connectivity index (χ0v) is 25.6. The number of likely N-dealkylation sites (N-methyl/N-ethyl adjacent to an activating group) is 2. The highest BCUT2D eigenvalue weighted by Crippen LogP contribution is 2.39. The molecule has 2 fully saturated rings. The molecule has 0 saturated carbocycles. The Balaban J connectivity index is 1.59. The molecule has 0 spiro atoms. The van der Waals surface area contributed by atoms with Crippen LogP contribution < -0.4 is 15.1 Å². The Kier molecular flexibility index (Phi) is 7.83. The fraction of sp³-hybridized carbons (Fsp3) is 0.412. The molecular weight excluding hydrogens is 558 g/mol. The Labute approximate surface area is 256 Å². The predicted octanol–water partition coefficient (Wildman–Crippen LogP) is 4.85. The highest BCUT2D eigenvalue weighted by atomic mass is 19.1. The summed E-state index contributed by atoms with van der Waals surface area (Å²) < 4.78 is 32.0. The molecule has 6 rings (SSSR count). The molecule has 8 nitrogen and oxygen atoms in total. The summed E-state index contributed by atoms with van der Waals surface area (Å²) in [5.41, 5.74) is 0.208. The van der Waals surface area contributed by atoms with Crippen LogP contribution in [0.25, 0.3) is 32.9 Å².